The van der Waals surface area contributed by atoms with Gasteiger partial charge in [0, 0.05) is 6.42 Å². The van der Waals surface area contributed by atoms with Crippen LogP contribution in [0, 0.1) is 11.3 Å². The largest absolute Gasteiger partial charge is 0.394 e. The van der Waals surface area contributed by atoms with Gasteiger partial charge in [-0.05, 0) is 42.7 Å². The molecule has 0 bridgehead atoms. The molecule has 0 unspecified atom stereocenters. The molecular formula is C19H32O8. The van der Waals surface area contributed by atoms with E-state index >= 15 is 0 Å². The van der Waals surface area contributed by atoms with Gasteiger partial charge >= 0.3 is 0 Å². The monoisotopic (exact) mass is 388 g/mol. The molecule has 2 aliphatic rings. The average Bonchev–Trinajstić information content (AvgIpc) is 2.57. The summed E-state index contributed by atoms with van der Waals surface area (Å²) < 4.78 is 11.0. The molecule has 1 saturated heterocycles. The van der Waals surface area contributed by atoms with Crippen LogP contribution in [0.3, 0.4) is 0 Å². The van der Waals surface area contributed by atoms with Crippen molar-refractivity contribution in [1.82, 2.24) is 0 Å². The van der Waals surface area contributed by atoms with Gasteiger partial charge < -0.3 is 35.0 Å². The molecule has 0 saturated carbocycles. The van der Waals surface area contributed by atoms with Crippen LogP contribution in [-0.4, -0.2) is 81.3 Å². The van der Waals surface area contributed by atoms with E-state index in [1.54, 1.807) is 13.0 Å². The second-order valence-corrected chi connectivity index (χ2v) is 8.34. The SMILES string of the molecule is C[C@H](O)CC[C@H]1C(CO[C@@H]2O[C@H](CO)[C@H](O)[C@H](O)[C@H]2O)=CC(=O)CC1(C)C. The Bertz CT molecular complexity index is 542. The molecule has 8 heteroatoms. The third kappa shape index (κ3) is 5.35. The van der Waals surface area contributed by atoms with Crippen LogP contribution in [0.2, 0.25) is 0 Å². The van der Waals surface area contributed by atoms with Crippen molar-refractivity contribution >= 4 is 5.78 Å². The van der Waals surface area contributed by atoms with Crippen LogP contribution >= 0.6 is 0 Å². The summed E-state index contributed by atoms with van der Waals surface area (Å²) in [6.45, 7) is 5.18. The van der Waals surface area contributed by atoms with Crippen molar-refractivity contribution in [2.24, 2.45) is 11.3 Å². The van der Waals surface area contributed by atoms with Crippen LogP contribution in [0.15, 0.2) is 11.6 Å². The van der Waals surface area contributed by atoms with Crippen molar-refractivity contribution < 1.29 is 39.8 Å². The van der Waals surface area contributed by atoms with Crippen molar-refractivity contribution in [2.45, 2.75) is 76.8 Å². The predicted octanol–water partition coefficient (Wildman–Crippen LogP) is -0.495. The Kier molecular flexibility index (Phi) is 7.54. The molecule has 0 aromatic rings. The lowest BCUT2D eigenvalue weighted by molar-refractivity contribution is -0.299. The normalized spacial score (nSPS) is 37.8. The van der Waals surface area contributed by atoms with Gasteiger partial charge in [0.15, 0.2) is 12.1 Å². The van der Waals surface area contributed by atoms with E-state index in [4.69, 9.17) is 9.47 Å². The van der Waals surface area contributed by atoms with E-state index in [0.29, 0.717) is 19.3 Å². The number of allylic oxidation sites excluding steroid dienone is 1. The zero-order chi connectivity index (χ0) is 20.4. The first-order valence-corrected chi connectivity index (χ1v) is 9.40. The minimum atomic E-state index is -1.51. The number of hydrogen-bond donors (Lipinski definition) is 5. The summed E-state index contributed by atoms with van der Waals surface area (Å²) in [6.07, 6.45) is -3.96. The highest BCUT2D eigenvalue weighted by atomic mass is 16.7. The van der Waals surface area contributed by atoms with Crippen molar-refractivity contribution in [1.29, 1.82) is 0 Å². The Hall–Kier alpha value is -0.870. The molecule has 1 fully saturated rings. The third-order valence-corrected chi connectivity index (χ3v) is 5.50. The molecule has 7 atom stereocenters. The van der Waals surface area contributed by atoms with Crippen LogP contribution in [-0.2, 0) is 14.3 Å². The van der Waals surface area contributed by atoms with Gasteiger partial charge in [-0.15, -0.1) is 0 Å². The molecule has 8 nitrogen and oxygen atoms in total. The number of ether oxygens (including phenoxy) is 2. The summed E-state index contributed by atoms with van der Waals surface area (Å²) in [7, 11) is 0. The highest BCUT2D eigenvalue weighted by Gasteiger charge is 2.45. The second-order valence-electron chi connectivity index (χ2n) is 8.34. The fraction of sp³-hybridized carbons (Fsp3) is 0.842. The van der Waals surface area contributed by atoms with Gasteiger partial charge in [0.1, 0.15) is 24.4 Å². The summed E-state index contributed by atoms with van der Waals surface area (Å²) >= 11 is 0. The van der Waals surface area contributed by atoms with Crippen molar-refractivity contribution in [2.75, 3.05) is 13.2 Å². The van der Waals surface area contributed by atoms with E-state index in [1.807, 2.05) is 13.8 Å². The smallest absolute Gasteiger partial charge is 0.187 e. The molecule has 1 heterocycles. The average molecular weight is 388 g/mol. The maximum atomic E-state index is 12.1. The van der Waals surface area contributed by atoms with Crippen LogP contribution in [0.1, 0.15) is 40.0 Å². The van der Waals surface area contributed by atoms with E-state index in [0.717, 1.165) is 5.57 Å². The van der Waals surface area contributed by atoms with Crippen molar-refractivity contribution in [3.63, 3.8) is 0 Å². The molecule has 0 aromatic heterocycles. The minimum absolute atomic E-state index is 0.00232. The number of carbonyl (C=O) groups is 1. The van der Waals surface area contributed by atoms with Gasteiger partial charge in [0.2, 0.25) is 0 Å². The highest BCUT2D eigenvalue weighted by Crippen LogP contribution is 2.43. The van der Waals surface area contributed by atoms with E-state index in [1.165, 1.54) is 0 Å². The number of aliphatic hydroxyl groups excluding tert-OH is 5. The molecule has 0 amide bonds. The zero-order valence-corrected chi connectivity index (χ0v) is 16.1. The Morgan fingerprint density at radius 3 is 2.52 bits per heavy atom. The van der Waals surface area contributed by atoms with Crippen LogP contribution in [0.4, 0.5) is 0 Å². The molecule has 0 aromatic carbocycles. The van der Waals surface area contributed by atoms with Crippen LogP contribution in [0.5, 0.6) is 0 Å². The molecule has 5 N–H and O–H groups in total. The van der Waals surface area contributed by atoms with Crippen LogP contribution in [0.25, 0.3) is 0 Å². The highest BCUT2D eigenvalue weighted by molar-refractivity contribution is 5.92. The van der Waals surface area contributed by atoms with Gasteiger partial charge in [-0.3, -0.25) is 4.79 Å². The number of ketones is 1. The number of rotatable bonds is 7. The van der Waals surface area contributed by atoms with Crippen molar-refractivity contribution in [3.8, 4) is 0 Å². The van der Waals surface area contributed by atoms with E-state index < -0.39 is 43.4 Å². The van der Waals surface area contributed by atoms with Crippen molar-refractivity contribution in [3.05, 3.63) is 11.6 Å². The van der Waals surface area contributed by atoms with E-state index in [-0.39, 0.29) is 23.7 Å². The summed E-state index contributed by atoms with van der Waals surface area (Å²) in [4.78, 5) is 12.1. The minimum Gasteiger partial charge on any atom is -0.394 e. The zero-order valence-electron chi connectivity index (χ0n) is 16.1. The fourth-order valence-electron chi connectivity index (χ4n) is 3.94. The first-order valence-electron chi connectivity index (χ1n) is 9.40. The lowest BCUT2D eigenvalue weighted by Gasteiger charge is -2.42. The molecule has 0 spiro atoms. The van der Waals surface area contributed by atoms with Gasteiger partial charge in [-0.1, -0.05) is 13.8 Å². The van der Waals surface area contributed by atoms with Gasteiger partial charge in [-0.25, -0.2) is 0 Å². The number of hydrogen-bond acceptors (Lipinski definition) is 8. The standard InChI is InChI=1S/C19H32O8/c1-10(21)4-5-13-11(6-12(22)7-19(13,2)3)9-26-18-17(25)16(24)15(23)14(8-20)27-18/h6,10,13-18,20-21,23-25H,4-5,7-9H2,1-3H3/t10-,13-,14+,15-,16-,17+,18+/m0/s1. The summed E-state index contributed by atoms with van der Waals surface area (Å²) in [6, 6.07) is 0. The first kappa shape index (κ1) is 22.4. The molecule has 2 rings (SSSR count). The number of aliphatic hydroxyl groups is 5. The Morgan fingerprint density at radius 1 is 1.26 bits per heavy atom. The van der Waals surface area contributed by atoms with Gasteiger partial charge in [-0.2, -0.15) is 0 Å². The Balaban J connectivity index is 2.09. The molecular weight excluding hydrogens is 356 g/mol. The fourth-order valence-corrected chi connectivity index (χ4v) is 3.94. The Labute approximate surface area is 159 Å². The van der Waals surface area contributed by atoms with E-state index in [2.05, 4.69) is 0 Å². The maximum Gasteiger partial charge on any atom is 0.187 e. The summed E-state index contributed by atoms with van der Waals surface area (Å²) in [5.41, 5.74) is 0.447. The van der Waals surface area contributed by atoms with Gasteiger partial charge in [0.25, 0.3) is 0 Å². The summed E-state index contributed by atoms with van der Waals surface area (Å²) in [5.74, 6) is -0.00427. The third-order valence-electron chi connectivity index (χ3n) is 5.50. The lowest BCUT2D eigenvalue weighted by atomic mass is 9.66. The molecule has 1 aliphatic heterocycles. The number of carbonyl (C=O) groups excluding carboxylic acids is 1. The maximum absolute atomic E-state index is 12.1. The predicted molar refractivity (Wildman–Crippen MR) is 95.6 cm³/mol. The van der Waals surface area contributed by atoms with Crippen LogP contribution < -0.4 is 0 Å². The Morgan fingerprint density at radius 2 is 1.93 bits per heavy atom. The van der Waals surface area contributed by atoms with Gasteiger partial charge in [0.05, 0.1) is 19.3 Å². The first-order chi connectivity index (χ1) is 12.6. The quantitative estimate of drug-likeness (QED) is 0.394. The summed E-state index contributed by atoms with van der Waals surface area (Å²) in [5, 5.41) is 48.7. The second kappa shape index (κ2) is 9.09. The lowest BCUT2D eigenvalue weighted by Crippen LogP contribution is -2.59. The topological polar surface area (TPSA) is 137 Å². The molecule has 1 aliphatic carbocycles. The van der Waals surface area contributed by atoms with E-state index in [9.17, 15) is 30.3 Å². The molecule has 0 radical (unpaired) electrons. The molecule has 156 valence electrons. The molecule has 27 heavy (non-hydrogen) atoms.